The Hall–Kier alpha value is 0.0200. The van der Waals surface area contributed by atoms with Gasteiger partial charge in [-0.1, -0.05) is 6.92 Å². The van der Waals surface area contributed by atoms with Gasteiger partial charge in [0.15, 0.2) is 0 Å². The predicted octanol–water partition coefficient (Wildman–Crippen LogP) is 4.12. The van der Waals surface area contributed by atoms with Crippen molar-refractivity contribution in [3.05, 3.63) is 16.0 Å². The van der Waals surface area contributed by atoms with E-state index in [1.165, 1.54) is 11.5 Å². The zero-order valence-electron chi connectivity index (χ0n) is 12.7. The van der Waals surface area contributed by atoms with Crippen LogP contribution in [0.25, 0.3) is 0 Å². The summed E-state index contributed by atoms with van der Waals surface area (Å²) in [6.45, 7) is 5.65. The smallest absolute Gasteiger partial charge is 0.145 e. The average molecular weight is 392 g/mol. The number of hydrogen-bond acceptors (Lipinski definition) is 6. The van der Waals surface area contributed by atoms with E-state index in [4.69, 9.17) is 14.7 Å². The Balaban J connectivity index is 2.36. The maximum absolute atomic E-state index is 5.28. The van der Waals surface area contributed by atoms with Gasteiger partial charge in [-0.3, -0.25) is 0 Å². The van der Waals surface area contributed by atoms with E-state index in [9.17, 15) is 0 Å². The zero-order chi connectivity index (χ0) is 15.2. The van der Waals surface area contributed by atoms with Gasteiger partial charge in [-0.2, -0.15) is 11.8 Å². The summed E-state index contributed by atoms with van der Waals surface area (Å²) in [5.74, 6) is 4.20. The van der Waals surface area contributed by atoms with Crippen LogP contribution in [0.5, 0.6) is 0 Å². The minimum absolute atomic E-state index is 0.370. The molecule has 1 saturated heterocycles. The second-order valence-corrected chi connectivity index (χ2v) is 8.15. The van der Waals surface area contributed by atoms with Gasteiger partial charge in [0, 0.05) is 30.4 Å². The lowest BCUT2D eigenvalue weighted by atomic mass is 10.2. The standard InChI is InChI=1S/C14H22BrN3OS2/c1-4-10-12(21-7-6-20-10)14-17-9(8-19-3)11(15)13(18-14)16-5-2/h10,12H,4-8H2,1-3H3,(H,16,17,18). The molecule has 0 bridgehead atoms. The number of methoxy groups -OCH3 is 1. The van der Waals surface area contributed by atoms with E-state index in [1.54, 1.807) is 7.11 Å². The summed E-state index contributed by atoms with van der Waals surface area (Å²) in [5.41, 5.74) is 0.921. The van der Waals surface area contributed by atoms with E-state index >= 15 is 0 Å². The lowest BCUT2D eigenvalue weighted by Gasteiger charge is -2.29. The molecule has 2 unspecified atom stereocenters. The second kappa shape index (κ2) is 8.60. The van der Waals surface area contributed by atoms with Gasteiger partial charge in [-0.15, -0.1) is 11.8 Å². The Bertz CT molecular complexity index is 449. The molecule has 1 fully saturated rings. The van der Waals surface area contributed by atoms with Crippen LogP contribution in [-0.2, 0) is 11.3 Å². The summed E-state index contributed by atoms with van der Waals surface area (Å²) < 4.78 is 6.19. The number of halogens is 1. The third-order valence-corrected chi connectivity index (χ3v) is 7.35. The van der Waals surface area contributed by atoms with Crippen LogP contribution >= 0.6 is 39.5 Å². The molecule has 4 nitrogen and oxygen atoms in total. The number of aromatic nitrogens is 2. The van der Waals surface area contributed by atoms with Crippen molar-refractivity contribution < 1.29 is 4.74 Å². The molecule has 2 rings (SSSR count). The van der Waals surface area contributed by atoms with Crippen LogP contribution in [-0.4, -0.2) is 40.4 Å². The molecule has 1 aromatic heterocycles. The van der Waals surface area contributed by atoms with Crippen molar-refractivity contribution in [1.29, 1.82) is 0 Å². The zero-order valence-corrected chi connectivity index (χ0v) is 15.9. The van der Waals surface area contributed by atoms with Crippen molar-refractivity contribution in [3.63, 3.8) is 0 Å². The quantitative estimate of drug-likeness (QED) is 0.786. The number of ether oxygens (including phenoxy) is 1. The molecule has 1 aliphatic rings. The Labute approximate surface area is 143 Å². The third kappa shape index (κ3) is 4.27. The Morgan fingerprint density at radius 1 is 1.29 bits per heavy atom. The minimum Gasteiger partial charge on any atom is -0.378 e. The molecule has 21 heavy (non-hydrogen) atoms. The fourth-order valence-corrected chi connectivity index (χ4v) is 5.72. The van der Waals surface area contributed by atoms with Crippen molar-refractivity contribution in [2.45, 2.75) is 37.4 Å². The molecule has 0 amide bonds. The summed E-state index contributed by atoms with van der Waals surface area (Å²) in [4.78, 5) is 9.54. The third-order valence-electron chi connectivity index (χ3n) is 3.27. The lowest BCUT2D eigenvalue weighted by molar-refractivity contribution is 0.180. The summed E-state index contributed by atoms with van der Waals surface area (Å²) >= 11 is 7.62. The first kappa shape index (κ1) is 17.4. The van der Waals surface area contributed by atoms with Crippen LogP contribution in [0.1, 0.15) is 37.0 Å². The van der Waals surface area contributed by atoms with Crippen LogP contribution in [0.15, 0.2) is 4.47 Å². The van der Waals surface area contributed by atoms with Gasteiger partial charge in [-0.25, -0.2) is 9.97 Å². The number of thioether (sulfide) groups is 2. The largest absolute Gasteiger partial charge is 0.378 e. The highest BCUT2D eigenvalue weighted by Gasteiger charge is 2.30. The Kier molecular flexibility index (Phi) is 7.12. The normalized spacial score (nSPS) is 22.3. The Morgan fingerprint density at radius 3 is 2.71 bits per heavy atom. The van der Waals surface area contributed by atoms with Gasteiger partial charge in [0.1, 0.15) is 11.6 Å². The van der Waals surface area contributed by atoms with E-state index in [0.29, 0.717) is 17.1 Å². The lowest BCUT2D eigenvalue weighted by Crippen LogP contribution is -2.21. The van der Waals surface area contributed by atoms with Crippen LogP contribution in [0.4, 0.5) is 5.82 Å². The predicted molar refractivity (Wildman–Crippen MR) is 96.3 cm³/mol. The molecule has 2 heterocycles. The van der Waals surface area contributed by atoms with Crippen molar-refractivity contribution in [3.8, 4) is 0 Å². The van der Waals surface area contributed by atoms with Crippen molar-refractivity contribution in [1.82, 2.24) is 9.97 Å². The minimum atomic E-state index is 0.370. The Morgan fingerprint density at radius 2 is 2.05 bits per heavy atom. The molecular formula is C14H22BrN3OS2. The van der Waals surface area contributed by atoms with E-state index in [2.05, 4.69) is 35.1 Å². The highest BCUT2D eigenvalue weighted by atomic mass is 79.9. The molecule has 0 spiro atoms. The molecule has 0 aliphatic carbocycles. The average Bonchev–Trinajstić information content (AvgIpc) is 2.51. The topological polar surface area (TPSA) is 47.0 Å². The number of rotatable bonds is 6. The fourth-order valence-electron chi connectivity index (χ4n) is 2.30. The monoisotopic (exact) mass is 391 g/mol. The van der Waals surface area contributed by atoms with Gasteiger partial charge < -0.3 is 10.1 Å². The first-order valence-electron chi connectivity index (χ1n) is 7.23. The van der Waals surface area contributed by atoms with Crippen LogP contribution in [0.2, 0.25) is 0 Å². The van der Waals surface area contributed by atoms with Crippen molar-refractivity contribution in [2.75, 3.05) is 30.5 Å². The summed E-state index contributed by atoms with van der Waals surface area (Å²) in [6.07, 6.45) is 1.15. The molecule has 0 radical (unpaired) electrons. The van der Waals surface area contributed by atoms with E-state index in [0.717, 1.165) is 34.8 Å². The van der Waals surface area contributed by atoms with E-state index in [-0.39, 0.29) is 0 Å². The maximum Gasteiger partial charge on any atom is 0.145 e. The van der Waals surface area contributed by atoms with Gasteiger partial charge in [0.05, 0.1) is 22.0 Å². The number of nitrogens with one attached hydrogen (secondary N) is 1. The van der Waals surface area contributed by atoms with Crippen molar-refractivity contribution >= 4 is 45.3 Å². The summed E-state index contributed by atoms with van der Waals surface area (Å²) in [6, 6.07) is 0. The first-order chi connectivity index (χ1) is 10.2. The molecule has 0 aromatic carbocycles. The molecule has 0 saturated carbocycles. The van der Waals surface area contributed by atoms with Crippen LogP contribution < -0.4 is 5.32 Å². The summed E-state index contributed by atoms with van der Waals surface area (Å²) in [7, 11) is 1.70. The molecule has 2 atom stereocenters. The van der Waals surface area contributed by atoms with Gasteiger partial charge in [-0.05, 0) is 29.3 Å². The molecule has 1 aliphatic heterocycles. The van der Waals surface area contributed by atoms with Gasteiger partial charge in [0.2, 0.25) is 0 Å². The maximum atomic E-state index is 5.28. The molecule has 7 heteroatoms. The molecule has 1 N–H and O–H groups in total. The van der Waals surface area contributed by atoms with E-state index < -0.39 is 0 Å². The summed E-state index contributed by atoms with van der Waals surface area (Å²) in [5, 5.41) is 4.28. The van der Waals surface area contributed by atoms with Gasteiger partial charge >= 0.3 is 0 Å². The number of anilines is 1. The van der Waals surface area contributed by atoms with Crippen LogP contribution in [0.3, 0.4) is 0 Å². The molecule has 118 valence electrons. The fraction of sp³-hybridized carbons (Fsp3) is 0.714. The molecule has 1 aromatic rings. The number of hydrogen-bond donors (Lipinski definition) is 1. The van der Waals surface area contributed by atoms with Crippen LogP contribution in [0, 0.1) is 0 Å². The van der Waals surface area contributed by atoms with Gasteiger partial charge in [0.25, 0.3) is 0 Å². The SMILES string of the molecule is CCNc1nc(C2SCCSC2CC)nc(COC)c1Br. The van der Waals surface area contributed by atoms with E-state index in [1.807, 2.05) is 23.5 Å². The highest BCUT2D eigenvalue weighted by Crippen LogP contribution is 2.43. The first-order valence-corrected chi connectivity index (χ1v) is 10.1. The molecular weight excluding hydrogens is 370 g/mol. The highest BCUT2D eigenvalue weighted by molar-refractivity contribution is 9.10. The number of nitrogens with zero attached hydrogens (tertiary/aromatic N) is 2. The van der Waals surface area contributed by atoms with Crippen molar-refractivity contribution in [2.24, 2.45) is 0 Å². The second-order valence-electron chi connectivity index (χ2n) is 4.76.